The van der Waals surface area contributed by atoms with Gasteiger partial charge in [0, 0.05) is 0 Å². The van der Waals surface area contributed by atoms with E-state index in [4.69, 9.17) is 17.7 Å². The fourth-order valence-electron chi connectivity index (χ4n) is 2.45. The maximum absolute atomic E-state index is 6.09. The van der Waals surface area contributed by atoms with Crippen LogP contribution in [0.15, 0.2) is 0 Å². The zero-order valence-electron chi connectivity index (χ0n) is 11.6. The summed E-state index contributed by atoms with van der Waals surface area (Å²) in [4.78, 5) is 0. The van der Waals surface area contributed by atoms with Crippen LogP contribution in [0.5, 0.6) is 0 Å². The van der Waals surface area contributed by atoms with Crippen LogP contribution in [-0.4, -0.2) is 28.7 Å². The van der Waals surface area contributed by atoms with Gasteiger partial charge < -0.3 is 17.7 Å². The summed E-state index contributed by atoms with van der Waals surface area (Å²) >= 11 is 0. The van der Waals surface area contributed by atoms with Crippen LogP contribution in [0.3, 0.4) is 0 Å². The Hall–Kier alpha value is 0.274. The number of hydrogen-bond donors (Lipinski definition) is 0. The van der Waals surface area contributed by atoms with E-state index in [0.717, 1.165) is 0 Å². The zero-order chi connectivity index (χ0) is 12.8. The van der Waals surface area contributed by atoms with Crippen molar-refractivity contribution >= 4 is 17.1 Å². The van der Waals surface area contributed by atoms with Crippen LogP contribution >= 0.6 is 0 Å². The van der Waals surface area contributed by atoms with Crippen molar-refractivity contribution in [2.24, 2.45) is 0 Å². The van der Waals surface area contributed by atoms with Gasteiger partial charge >= 0.3 is 17.1 Å². The van der Waals surface area contributed by atoms with Crippen molar-refractivity contribution in [1.82, 2.24) is 0 Å². The molecule has 0 saturated carbocycles. The first-order chi connectivity index (χ1) is 6.83. The zero-order valence-corrected chi connectivity index (χ0v) is 13.6. The Kier molecular flexibility index (Phi) is 3.49. The molecule has 16 heavy (non-hydrogen) atoms. The lowest BCUT2D eigenvalue weighted by atomic mass is 10.3. The van der Waals surface area contributed by atoms with E-state index in [0.29, 0.717) is 0 Å². The molecule has 1 aliphatic rings. The van der Waals surface area contributed by atoms with Gasteiger partial charge in [-0.3, -0.25) is 0 Å². The van der Waals surface area contributed by atoms with Crippen LogP contribution in [0.25, 0.3) is 0 Å². The van der Waals surface area contributed by atoms with Crippen LogP contribution < -0.4 is 0 Å². The Morgan fingerprint density at radius 1 is 0.688 bits per heavy atom. The van der Waals surface area contributed by atoms with Crippen LogP contribution in [0, 0.1) is 0 Å². The van der Waals surface area contributed by atoms with Gasteiger partial charge in [-0.15, -0.1) is 0 Å². The van der Waals surface area contributed by atoms with Crippen molar-refractivity contribution in [3.8, 4) is 0 Å². The van der Waals surface area contributed by atoms with Gasteiger partial charge in [-0.1, -0.05) is 0 Å². The third-order valence-electron chi connectivity index (χ3n) is 1.97. The lowest BCUT2D eigenvalue weighted by molar-refractivity contribution is -0.301. The van der Waals surface area contributed by atoms with Crippen molar-refractivity contribution in [1.29, 1.82) is 0 Å². The first kappa shape index (κ1) is 14.3. The molecule has 1 heterocycles. The van der Waals surface area contributed by atoms with Crippen molar-refractivity contribution in [2.45, 2.75) is 65.5 Å². The van der Waals surface area contributed by atoms with Crippen LogP contribution in [-0.2, 0) is 17.7 Å². The molecule has 4 nitrogen and oxygen atoms in total. The lowest BCUT2D eigenvalue weighted by Gasteiger charge is -2.47. The molecule has 0 bridgehead atoms. The summed E-state index contributed by atoms with van der Waals surface area (Å²) in [7, 11) is -4.39. The molecule has 1 aliphatic heterocycles. The molecule has 0 atom stereocenters. The van der Waals surface area contributed by atoms with Crippen LogP contribution in [0.2, 0.25) is 26.2 Å². The third-order valence-corrected chi connectivity index (χ3v) is 7.87. The van der Waals surface area contributed by atoms with Crippen molar-refractivity contribution in [3.63, 3.8) is 0 Å². The smallest absolute Gasteiger partial charge is 0.325 e. The summed E-state index contributed by atoms with van der Waals surface area (Å²) in [5, 5.41) is 0. The predicted octanol–water partition coefficient (Wildman–Crippen LogP) is 2.94. The Labute approximate surface area is 101 Å². The first-order valence-corrected chi connectivity index (χ1v) is 11.3. The Bertz CT molecular complexity index is 202. The van der Waals surface area contributed by atoms with E-state index < -0.39 is 28.7 Å². The number of ether oxygens (including phenoxy) is 1. The van der Waals surface area contributed by atoms with Gasteiger partial charge in [0.05, 0.1) is 0 Å². The largest absolute Gasteiger partial charge is 0.415 e. The van der Waals surface area contributed by atoms with E-state index >= 15 is 0 Å². The highest BCUT2D eigenvalue weighted by Gasteiger charge is 2.48. The standard InChI is InChI=1S/C10H24O4Si2/c1-9(2)11-10(3,4)13-16(7,8)14-15(5,6)12-9/h1-8H3. The molecule has 0 aliphatic carbocycles. The summed E-state index contributed by atoms with van der Waals surface area (Å²) in [6.45, 7) is 15.7. The molecular formula is C10H24O4Si2. The normalized spacial score (nSPS) is 31.5. The highest BCUT2D eigenvalue weighted by Crippen LogP contribution is 2.33. The predicted molar refractivity (Wildman–Crippen MR) is 67.5 cm³/mol. The van der Waals surface area contributed by atoms with E-state index in [-0.39, 0.29) is 0 Å². The molecule has 0 N–H and O–H groups in total. The molecule has 1 fully saturated rings. The molecule has 0 aromatic heterocycles. The Morgan fingerprint density at radius 2 is 1.00 bits per heavy atom. The number of hydrogen-bond acceptors (Lipinski definition) is 4. The summed E-state index contributed by atoms with van der Waals surface area (Å²) in [6.07, 6.45) is 0. The Balaban J connectivity index is 2.98. The van der Waals surface area contributed by atoms with E-state index in [2.05, 4.69) is 0 Å². The molecule has 1 saturated heterocycles. The fraction of sp³-hybridized carbons (Fsp3) is 1.00. The molecule has 1 rings (SSSR count). The molecule has 96 valence electrons. The molecule has 0 amide bonds. The minimum atomic E-state index is -2.19. The average molecular weight is 264 g/mol. The Morgan fingerprint density at radius 3 is 1.31 bits per heavy atom. The second kappa shape index (κ2) is 3.89. The van der Waals surface area contributed by atoms with Gasteiger partial charge in [0.25, 0.3) is 0 Å². The SMILES string of the molecule is CC1(C)OC(C)(C)O[Si](C)(C)O[Si](C)(C)O1. The van der Waals surface area contributed by atoms with Gasteiger partial charge in [-0.25, -0.2) is 0 Å². The minimum Gasteiger partial charge on any atom is -0.415 e. The molecule has 0 unspecified atom stereocenters. The molecule has 0 aromatic rings. The highest BCUT2D eigenvalue weighted by molar-refractivity contribution is 6.78. The van der Waals surface area contributed by atoms with Crippen molar-refractivity contribution < 1.29 is 17.7 Å². The minimum absolute atomic E-state index is 0.676. The quantitative estimate of drug-likeness (QED) is 0.630. The van der Waals surface area contributed by atoms with E-state index in [9.17, 15) is 0 Å². The lowest BCUT2D eigenvalue weighted by Crippen LogP contribution is -2.60. The molecule has 0 radical (unpaired) electrons. The van der Waals surface area contributed by atoms with Gasteiger partial charge in [0.15, 0.2) is 11.6 Å². The molecular weight excluding hydrogens is 240 g/mol. The van der Waals surface area contributed by atoms with Crippen LogP contribution in [0.4, 0.5) is 0 Å². The monoisotopic (exact) mass is 264 g/mol. The fourth-order valence-corrected chi connectivity index (χ4v) is 9.97. The van der Waals surface area contributed by atoms with Crippen molar-refractivity contribution in [3.05, 3.63) is 0 Å². The van der Waals surface area contributed by atoms with E-state index in [1.807, 2.05) is 53.9 Å². The van der Waals surface area contributed by atoms with E-state index in [1.54, 1.807) is 0 Å². The third kappa shape index (κ3) is 4.27. The second-order valence-electron chi connectivity index (χ2n) is 6.01. The molecule has 0 spiro atoms. The second-order valence-corrected chi connectivity index (χ2v) is 12.8. The summed E-state index contributed by atoms with van der Waals surface area (Å²) in [6, 6.07) is 0. The van der Waals surface area contributed by atoms with Gasteiger partial charge in [-0.05, 0) is 53.9 Å². The molecule has 0 aromatic carbocycles. The van der Waals surface area contributed by atoms with Gasteiger partial charge in [-0.2, -0.15) is 0 Å². The summed E-state index contributed by atoms with van der Waals surface area (Å²) < 4.78 is 23.9. The number of rotatable bonds is 0. The summed E-state index contributed by atoms with van der Waals surface area (Å²) in [5.74, 6) is -1.35. The topological polar surface area (TPSA) is 36.9 Å². The van der Waals surface area contributed by atoms with Crippen molar-refractivity contribution in [2.75, 3.05) is 0 Å². The summed E-state index contributed by atoms with van der Waals surface area (Å²) in [5.41, 5.74) is 0. The maximum Gasteiger partial charge on any atom is 0.325 e. The van der Waals surface area contributed by atoms with Crippen LogP contribution in [0.1, 0.15) is 27.7 Å². The highest BCUT2D eigenvalue weighted by atomic mass is 28.5. The van der Waals surface area contributed by atoms with Gasteiger partial charge in [0.2, 0.25) is 0 Å². The van der Waals surface area contributed by atoms with Gasteiger partial charge in [0.1, 0.15) is 0 Å². The first-order valence-electron chi connectivity index (χ1n) is 5.63. The average Bonchev–Trinajstić information content (AvgIpc) is 1.67. The molecule has 6 heteroatoms. The van der Waals surface area contributed by atoms with E-state index in [1.165, 1.54) is 0 Å². The maximum atomic E-state index is 6.09.